The van der Waals surface area contributed by atoms with Crippen LogP contribution in [0.5, 0.6) is 11.5 Å². The first-order chi connectivity index (χ1) is 21.0. The normalized spacial score (nSPS) is 11.7. The number of amidine groups is 1. The summed E-state index contributed by atoms with van der Waals surface area (Å²) in [5.41, 5.74) is 12.1. The first-order valence-electron chi connectivity index (χ1n) is 13.3. The number of nitrogens with zero attached hydrogens (tertiary/aromatic N) is 1. The van der Waals surface area contributed by atoms with E-state index in [4.69, 9.17) is 32.2 Å². The summed E-state index contributed by atoms with van der Waals surface area (Å²) < 4.78 is 30.9. The van der Waals surface area contributed by atoms with Gasteiger partial charge in [-0.1, -0.05) is 36.9 Å². The van der Waals surface area contributed by atoms with Gasteiger partial charge in [0.2, 0.25) is 0 Å². The molecule has 0 aliphatic heterocycles. The molecule has 0 aromatic heterocycles. The van der Waals surface area contributed by atoms with Crippen molar-refractivity contribution in [1.29, 1.82) is 5.41 Å². The third-order valence-corrected chi connectivity index (χ3v) is 5.64. The Bertz CT molecular complexity index is 1270. The molecule has 0 radical (unpaired) electrons. The Morgan fingerprint density at radius 2 is 1.70 bits per heavy atom. The number of amides is 2. The molecular weight excluding hydrogens is 594 g/mol. The van der Waals surface area contributed by atoms with Gasteiger partial charge in [0.05, 0.1) is 26.5 Å². The average molecular weight is 637 g/mol. The molecule has 6 N–H and O–H groups in total. The maximum absolute atomic E-state index is 13.4. The van der Waals surface area contributed by atoms with Crippen LogP contribution >= 0.6 is 11.6 Å². The van der Waals surface area contributed by atoms with Crippen LogP contribution in [0.25, 0.3) is 0 Å². The molecule has 13 heteroatoms. The number of alkyl halides is 2. The highest BCUT2D eigenvalue weighted by Crippen LogP contribution is 2.33. The average Bonchev–Trinajstić information content (AvgIpc) is 3.00. The number of nitrogen functional groups attached to an aromatic ring is 1. The van der Waals surface area contributed by atoms with E-state index in [1.165, 1.54) is 12.2 Å². The highest BCUT2D eigenvalue weighted by molar-refractivity contribution is 6.35. The maximum atomic E-state index is 13.4. The summed E-state index contributed by atoms with van der Waals surface area (Å²) in [4.78, 5) is 28.0. The second kappa shape index (κ2) is 21.3. The SMILES string of the molecule is C=C/C=C(\C(=C)Cl)C(=O)NNC(=O)C(Nc1ccc(C(=N)N)cc1)c1ccc(OC(C)CN(C)C)c(OCC)c1.CF.CF. The molecule has 0 aliphatic rings. The number of hydrogen-bond donors (Lipinski definition) is 5. The minimum atomic E-state index is -0.970. The van der Waals surface area contributed by atoms with Crippen LogP contribution in [0.1, 0.15) is 31.0 Å². The van der Waals surface area contributed by atoms with Gasteiger partial charge >= 0.3 is 0 Å². The Hall–Kier alpha value is -4.42. The van der Waals surface area contributed by atoms with Crippen molar-refractivity contribution < 1.29 is 27.8 Å². The Morgan fingerprint density at radius 1 is 1.09 bits per heavy atom. The number of benzene rings is 2. The van der Waals surface area contributed by atoms with E-state index in [-0.39, 0.29) is 22.5 Å². The fourth-order valence-corrected chi connectivity index (χ4v) is 3.86. The van der Waals surface area contributed by atoms with Crippen LogP contribution in [0.4, 0.5) is 14.5 Å². The number of rotatable bonds is 14. The number of nitrogens with two attached hydrogens (primary N) is 1. The minimum absolute atomic E-state index is 0.00711. The van der Waals surface area contributed by atoms with Crippen molar-refractivity contribution in [2.24, 2.45) is 5.73 Å². The van der Waals surface area contributed by atoms with Gasteiger partial charge in [0.1, 0.15) is 18.0 Å². The molecule has 0 saturated carbocycles. The third-order valence-electron chi connectivity index (χ3n) is 5.44. The van der Waals surface area contributed by atoms with Gasteiger partial charge in [0.15, 0.2) is 11.5 Å². The van der Waals surface area contributed by atoms with Crippen molar-refractivity contribution in [3.63, 3.8) is 0 Å². The summed E-state index contributed by atoms with van der Waals surface area (Å²) in [5.74, 6) is -0.298. The lowest BCUT2D eigenvalue weighted by molar-refractivity contribution is -0.127. The molecule has 2 unspecified atom stereocenters. The van der Waals surface area contributed by atoms with Gasteiger partial charge in [0.25, 0.3) is 11.8 Å². The van der Waals surface area contributed by atoms with Gasteiger partial charge in [-0.05, 0) is 76.0 Å². The fourth-order valence-electron chi connectivity index (χ4n) is 3.72. The molecule has 0 aliphatic carbocycles. The van der Waals surface area contributed by atoms with Crippen molar-refractivity contribution in [3.8, 4) is 11.5 Å². The van der Waals surface area contributed by atoms with Crippen LogP contribution in [0.2, 0.25) is 0 Å². The lowest BCUT2D eigenvalue weighted by atomic mass is 10.0. The summed E-state index contributed by atoms with van der Waals surface area (Å²) in [6, 6.07) is 10.9. The number of nitrogens with one attached hydrogen (secondary N) is 4. The number of likely N-dealkylation sites (N-methyl/N-ethyl adjacent to an activating group) is 1. The Labute approximate surface area is 263 Å². The predicted molar refractivity (Wildman–Crippen MR) is 174 cm³/mol. The van der Waals surface area contributed by atoms with Gasteiger partial charge in [-0.2, -0.15) is 0 Å². The quantitative estimate of drug-likeness (QED) is 0.0643. The Kier molecular flexibility index (Phi) is 19.2. The molecule has 0 fully saturated rings. The first kappa shape index (κ1) is 39.6. The fraction of sp³-hybridized carbons (Fsp3) is 0.323. The van der Waals surface area contributed by atoms with Gasteiger partial charge in [-0.15, -0.1) is 0 Å². The first-order valence-corrected chi connectivity index (χ1v) is 13.7. The van der Waals surface area contributed by atoms with Crippen LogP contribution in [0, 0.1) is 5.41 Å². The molecule has 242 valence electrons. The number of allylic oxidation sites excluding steroid dienone is 2. The molecule has 2 amide bonds. The van der Waals surface area contributed by atoms with Gasteiger partial charge in [-0.3, -0.25) is 34.6 Å². The predicted octanol–water partition coefficient (Wildman–Crippen LogP) is 5.04. The number of carbonyl (C=O) groups excluding carboxylic acids is 2. The van der Waals surface area contributed by atoms with Gasteiger partial charge < -0.3 is 25.4 Å². The zero-order valence-corrected chi connectivity index (χ0v) is 26.7. The second-order valence-corrected chi connectivity index (χ2v) is 9.52. The molecular formula is C31H43ClF2N6O4. The zero-order chi connectivity index (χ0) is 33.8. The maximum Gasteiger partial charge on any atom is 0.271 e. The number of halogens is 3. The molecule has 0 saturated heterocycles. The van der Waals surface area contributed by atoms with E-state index in [0.29, 0.717) is 55.8 Å². The second-order valence-electron chi connectivity index (χ2n) is 9.06. The molecule has 2 aromatic carbocycles. The van der Waals surface area contributed by atoms with Crippen molar-refractivity contribution in [2.45, 2.75) is 26.0 Å². The van der Waals surface area contributed by atoms with E-state index in [2.05, 4.69) is 29.3 Å². The van der Waals surface area contributed by atoms with Gasteiger partial charge in [-0.25, -0.2) is 0 Å². The van der Waals surface area contributed by atoms with E-state index in [1.807, 2.05) is 32.8 Å². The number of hydrazine groups is 1. The summed E-state index contributed by atoms with van der Waals surface area (Å²) >= 11 is 5.91. The summed E-state index contributed by atoms with van der Waals surface area (Å²) in [7, 11) is 4.92. The summed E-state index contributed by atoms with van der Waals surface area (Å²) in [6.07, 6.45) is 2.66. The molecule has 0 spiro atoms. The summed E-state index contributed by atoms with van der Waals surface area (Å²) in [5, 5.41) is 10.8. The molecule has 10 nitrogen and oxygen atoms in total. The molecule has 0 heterocycles. The van der Waals surface area contributed by atoms with Crippen molar-refractivity contribution in [2.75, 3.05) is 46.9 Å². The smallest absolute Gasteiger partial charge is 0.271 e. The third kappa shape index (κ3) is 13.3. The Balaban J connectivity index is 0.00000443. The number of ether oxygens (including phenoxy) is 2. The number of hydrogen-bond acceptors (Lipinski definition) is 7. The van der Waals surface area contributed by atoms with Crippen LogP contribution in [0.3, 0.4) is 0 Å². The van der Waals surface area contributed by atoms with Gasteiger partial charge in [0, 0.05) is 22.8 Å². The van der Waals surface area contributed by atoms with Crippen LogP contribution < -0.4 is 31.4 Å². The van der Waals surface area contributed by atoms with E-state index >= 15 is 0 Å². The molecule has 2 atom stereocenters. The standard InChI is InChI=1S/C29H37ClN6O4.2CH3F/c1-7-9-23(19(4)30)28(37)34-35-29(38)26(33-22-13-10-20(11-14-22)27(31)32)21-12-15-24(25(16-21)39-8-2)40-18(3)17-36(5)6;2*1-2/h7,9-16,18,26,33H,1,4,8,17H2,2-3,5-6H3,(H3,31,32)(H,34,37)(H,35,38);2*1H3/b23-9+;;. The van der Waals surface area contributed by atoms with E-state index < -0.39 is 17.9 Å². The van der Waals surface area contributed by atoms with Crippen molar-refractivity contribution >= 4 is 34.9 Å². The molecule has 0 bridgehead atoms. The van der Waals surface area contributed by atoms with Crippen LogP contribution in [-0.2, 0) is 9.59 Å². The van der Waals surface area contributed by atoms with Crippen LogP contribution in [-0.4, -0.2) is 70.3 Å². The zero-order valence-electron chi connectivity index (χ0n) is 26.0. The lowest BCUT2D eigenvalue weighted by Gasteiger charge is -2.23. The summed E-state index contributed by atoms with van der Waals surface area (Å²) in [6.45, 7) is 12.0. The molecule has 2 aromatic rings. The van der Waals surface area contributed by atoms with E-state index in [1.54, 1.807) is 42.5 Å². The van der Waals surface area contributed by atoms with E-state index in [9.17, 15) is 18.4 Å². The largest absolute Gasteiger partial charge is 0.490 e. The Morgan fingerprint density at radius 3 is 2.20 bits per heavy atom. The monoisotopic (exact) mass is 636 g/mol. The number of carbonyl (C=O) groups is 2. The minimum Gasteiger partial charge on any atom is -0.490 e. The molecule has 2 rings (SSSR count). The van der Waals surface area contributed by atoms with Crippen molar-refractivity contribution in [3.05, 3.63) is 89.5 Å². The topological polar surface area (TPSA) is 142 Å². The lowest BCUT2D eigenvalue weighted by Crippen LogP contribution is -2.46. The number of anilines is 1. The van der Waals surface area contributed by atoms with Crippen molar-refractivity contribution in [1.82, 2.24) is 15.8 Å². The molecule has 44 heavy (non-hydrogen) atoms. The van der Waals surface area contributed by atoms with Crippen LogP contribution in [0.15, 0.2) is 78.4 Å². The van der Waals surface area contributed by atoms with E-state index in [0.717, 1.165) is 0 Å². The highest BCUT2D eigenvalue weighted by Gasteiger charge is 2.24. The highest BCUT2D eigenvalue weighted by atomic mass is 35.5.